The summed E-state index contributed by atoms with van der Waals surface area (Å²) in [6.45, 7) is 3.43. The number of hydrogen-bond donors (Lipinski definition) is 0. The Morgan fingerprint density at radius 1 is 1.18 bits per heavy atom. The van der Waals surface area contributed by atoms with Crippen LogP contribution in [0.15, 0.2) is 51.8 Å². The van der Waals surface area contributed by atoms with E-state index in [1.54, 1.807) is 41.3 Å². The van der Waals surface area contributed by atoms with Gasteiger partial charge in [-0.2, -0.15) is 0 Å². The molecule has 2 saturated heterocycles. The maximum absolute atomic E-state index is 13.1. The number of imide groups is 1. The third-order valence-electron chi connectivity index (χ3n) is 5.87. The van der Waals surface area contributed by atoms with E-state index in [9.17, 15) is 18.8 Å². The van der Waals surface area contributed by atoms with E-state index < -0.39 is 11.1 Å². The number of thioether (sulfide) groups is 1. The molecule has 2 fully saturated rings. The van der Waals surface area contributed by atoms with Gasteiger partial charge in [0.1, 0.15) is 24.7 Å². The molecule has 0 atom stereocenters. The van der Waals surface area contributed by atoms with Gasteiger partial charge < -0.3 is 9.64 Å². The van der Waals surface area contributed by atoms with Gasteiger partial charge in [-0.05, 0) is 72.5 Å². The van der Waals surface area contributed by atoms with E-state index in [1.807, 2.05) is 0 Å². The standard InChI is InChI=1S/C25H24BrFN2O4S/c1-16-8-10-28(11-9-16)23(30)14-29-24(31)22(34-25(29)32)13-18-12-19(26)4-7-21(18)33-15-17-2-5-20(27)6-3-17/h2-7,12-13,16H,8-11,14-15H2,1H3/b22-13-. The van der Waals surface area contributed by atoms with Gasteiger partial charge in [-0.25, -0.2) is 4.39 Å². The van der Waals surface area contributed by atoms with Crippen molar-refractivity contribution in [2.75, 3.05) is 19.6 Å². The molecule has 178 valence electrons. The molecule has 4 rings (SSSR count). The molecule has 34 heavy (non-hydrogen) atoms. The van der Waals surface area contributed by atoms with Crippen LogP contribution in [-0.2, 0) is 16.2 Å². The SMILES string of the molecule is CC1CCN(C(=O)CN2C(=O)S/C(=C\c3cc(Br)ccc3OCc3ccc(F)cc3)C2=O)CC1. The lowest BCUT2D eigenvalue weighted by molar-refractivity contribution is -0.136. The minimum atomic E-state index is -0.488. The smallest absolute Gasteiger partial charge is 0.294 e. The topological polar surface area (TPSA) is 66.9 Å². The van der Waals surface area contributed by atoms with Gasteiger partial charge in [-0.15, -0.1) is 0 Å². The number of nitrogens with zero attached hydrogens (tertiary/aromatic N) is 2. The first-order chi connectivity index (χ1) is 16.3. The van der Waals surface area contributed by atoms with Crippen LogP contribution in [0.2, 0.25) is 0 Å². The molecule has 3 amide bonds. The van der Waals surface area contributed by atoms with Crippen molar-refractivity contribution in [1.82, 2.24) is 9.80 Å². The molecular formula is C25H24BrFN2O4S. The summed E-state index contributed by atoms with van der Waals surface area (Å²) < 4.78 is 19.8. The second kappa shape index (κ2) is 10.7. The van der Waals surface area contributed by atoms with Crippen molar-refractivity contribution in [2.45, 2.75) is 26.4 Å². The number of hydrogen-bond acceptors (Lipinski definition) is 5. The van der Waals surface area contributed by atoms with Crippen LogP contribution in [0, 0.1) is 11.7 Å². The van der Waals surface area contributed by atoms with Crippen LogP contribution in [0.5, 0.6) is 5.75 Å². The Kier molecular flexibility index (Phi) is 7.73. The highest BCUT2D eigenvalue weighted by molar-refractivity contribution is 9.10. The molecule has 0 aliphatic carbocycles. The number of carbonyl (C=O) groups is 3. The molecule has 2 aliphatic heterocycles. The molecule has 0 spiro atoms. The van der Waals surface area contributed by atoms with Gasteiger partial charge in [-0.1, -0.05) is 35.0 Å². The molecule has 0 unspecified atom stereocenters. The Morgan fingerprint density at radius 3 is 2.59 bits per heavy atom. The summed E-state index contributed by atoms with van der Waals surface area (Å²) in [5, 5.41) is -0.459. The van der Waals surface area contributed by atoms with Crippen LogP contribution in [0.4, 0.5) is 9.18 Å². The lowest BCUT2D eigenvalue weighted by Gasteiger charge is -2.31. The highest BCUT2D eigenvalue weighted by Gasteiger charge is 2.37. The van der Waals surface area contributed by atoms with Gasteiger partial charge in [0.2, 0.25) is 5.91 Å². The zero-order chi connectivity index (χ0) is 24.2. The Balaban J connectivity index is 1.47. The molecule has 0 N–H and O–H groups in total. The normalized spacial score (nSPS) is 18.1. The van der Waals surface area contributed by atoms with Crippen molar-refractivity contribution < 1.29 is 23.5 Å². The quantitative estimate of drug-likeness (QED) is 0.450. The summed E-state index contributed by atoms with van der Waals surface area (Å²) in [6, 6.07) is 11.4. The fourth-order valence-electron chi connectivity index (χ4n) is 3.78. The van der Waals surface area contributed by atoms with Crippen LogP contribution < -0.4 is 4.74 Å². The largest absolute Gasteiger partial charge is 0.488 e. The van der Waals surface area contributed by atoms with E-state index in [0.29, 0.717) is 30.3 Å². The van der Waals surface area contributed by atoms with Crippen LogP contribution in [0.3, 0.4) is 0 Å². The Bertz CT molecular complexity index is 1130. The van der Waals surface area contributed by atoms with E-state index in [1.165, 1.54) is 12.1 Å². The van der Waals surface area contributed by atoms with Crippen LogP contribution in [-0.4, -0.2) is 46.5 Å². The molecule has 2 aromatic rings. The van der Waals surface area contributed by atoms with Gasteiger partial charge in [0.25, 0.3) is 11.1 Å². The van der Waals surface area contributed by atoms with Gasteiger partial charge >= 0.3 is 0 Å². The Hall–Kier alpha value is -2.65. The molecule has 2 aliphatic rings. The molecule has 0 bridgehead atoms. The monoisotopic (exact) mass is 546 g/mol. The molecule has 9 heteroatoms. The van der Waals surface area contributed by atoms with Crippen molar-refractivity contribution >= 4 is 50.8 Å². The molecule has 0 saturated carbocycles. The predicted octanol–water partition coefficient (Wildman–Crippen LogP) is 5.46. The highest BCUT2D eigenvalue weighted by atomic mass is 79.9. The summed E-state index contributed by atoms with van der Waals surface area (Å²) in [7, 11) is 0. The summed E-state index contributed by atoms with van der Waals surface area (Å²) in [5.74, 6) is 0.0724. The Morgan fingerprint density at radius 2 is 1.88 bits per heavy atom. The van der Waals surface area contributed by atoms with Crippen LogP contribution >= 0.6 is 27.7 Å². The van der Waals surface area contributed by atoms with E-state index in [2.05, 4.69) is 22.9 Å². The van der Waals surface area contributed by atoms with Crippen molar-refractivity contribution in [3.05, 3.63) is 68.8 Å². The van der Waals surface area contributed by atoms with Crippen LogP contribution in [0.1, 0.15) is 30.9 Å². The van der Waals surface area contributed by atoms with Gasteiger partial charge in [0.15, 0.2) is 0 Å². The zero-order valence-electron chi connectivity index (χ0n) is 18.6. The van der Waals surface area contributed by atoms with E-state index in [4.69, 9.17) is 4.74 Å². The predicted molar refractivity (Wildman–Crippen MR) is 133 cm³/mol. The lowest BCUT2D eigenvalue weighted by Crippen LogP contribution is -2.45. The fraction of sp³-hybridized carbons (Fsp3) is 0.320. The second-order valence-corrected chi connectivity index (χ2v) is 10.3. The zero-order valence-corrected chi connectivity index (χ0v) is 21.0. The third-order valence-corrected chi connectivity index (χ3v) is 7.27. The van der Waals surface area contributed by atoms with E-state index in [-0.39, 0.29) is 29.8 Å². The molecule has 2 aromatic carbocycles. The summed E-state index contributed by atoms with van der Waals surface area (Å²) >= 11 is 4.24. The fourth-order valence-corrected chi connectivity index (χ4v) is 4.98. The van der Waals surface area contributed by atoms with E-state index in [0.717, 1.165) is 39.5 Å². The number of ether oxygens (including phenoxy) is 1. The molecule has 2 heterocycles. The van der Waals surface area contributed by atoms with Gasteiger partial charge in [0, 0.05) is 23.1 Å². The minimum Gasteiger partial charge on any atom is -0.488 e. The summed E-state index contributed by atoms with van der Waals surface area (Å²) in [5.41, 5.74) is 1.40. The molecular weight excluding hydrogens is 523 g/mol. The number of piperidine rings is 1. The van der Waals surface area contributed by atoms with Gasteiger partial charge in [0.05, 0.1) is 4.91 Å². The number of likely N-dealkylation sites (tertiary alicyclic amines) is 1. The number of amides is 3. The first-order valence-electron chi connectivity index (χ1n) is 11.0. The number of benzene rings is 2. The third kappa shape index (κ3) is 5.88. The van der Waals surface area contributed by atoms with E-state index >= 15 is 0 Å². The average molecular weight is 547 g/mol. The van der Waals surface area contributed by atoms with Crippen molar-refractivity contribution in [3.63, 3.8) is 0 Å². The average Bonchev–Trinajstić information content (AvgIpc) is 3.07. The first-order valence-corrected chi connectivity index (χ1v) is 12.6. The Labute approximate surface area is 210 Å². The highest BCUT2D eigenvalue weighted by Crippen LogP contribution is 2.35. The lowest BCUT2D eigenvalue weighted by atomic mass is 9.99. The number of carbonyl (C=O) groups excluding carboxylic acids is 3. The first kappa shape index (κ1) is 24.5. The summed E-state index contributed by atoms with van der Waals surface area (Å²) in [4.78, 5) is 41.1. The van der Waals surface area contributed by atoms with Gasteiger partial charge in [-0.3, -0.25) is 19.3 Å². The van der Waals surface area contributed by atoms with Crippen molar-refractivity contribution in [2.24, 2.45) is 5.92 Å². The maximum atomic E-state index is 13.1. The number of rotatable bonds is 6. The van der Waals surface area contributed by atoms with Crippen molar-refractivity contribution in [3.8, 4) is 5.75 Å². The van der Waals surface area contributed by atoms with Crippen molar-refractivity contribution in [1.29, 1.82) is 0 Å². The second-order valence-electron chi connectivity index (χ2n) is 8.43. The van der Waals surface area contributed by atoms with Crippen LogP contribution in [0.25, 0.3) is 6.08 Å². The number of halogens is 2. The summed E-state index contributed by atoms with van der Waals surface area (Å²) in [6.07, 6.45) is 3.46. The molecule has 0 radical (unpaired) electrons. The molecule has 0 aromatic heterocycles. The minimum absolute atomic E-state index is 0.207. The molecule has 6 nitrogen and oxygen atoms in total. The maximum Gasteiger partial charge on any atom is 0.294 e.